The van der Waals surface area contributed by atoms with Crippen molar-refractivity contribution in [2.24, 2.45) is 5.10 Å². The number of methoxy groups -OCH3 is 1. The van der Waals surface area contributed by atoms with Gasteiger partial charge in [-0.2, -0.15) is 5.10 Å². The van der Waals surface area contributed by atoms with Gasteiger partial charge in [0.15, 0.2) is 0 Å². The number of amides is 1. The van der Waals surface area contributed by atoms with E-state index in [2.05, 4.69) is 20.5 Å². The van der Waals surface area contributed by atoms with Crippen molar-refractivity contribution in [3.63, 3.8) is 0 Å². The van der Waals surface area contributed by atoms with E-state index in [4.69, 9.17) is 4.74 Å². The van der Waals surface area contributed by atoms with Crippen LogP contribution in [0.3, 0.4) is 0 Å². The third-order valence-electron chi connectivity index (χ3n) is 5.21. The van der Waals surface area contributed by atoms with E-state index in [9.17, 15) is 9.59 Å². The van der Waals surface area contributed by atoms with Crippen LogP contribution in [0.25, 0.3) is 10.2 Å². The summed E-state index contributed by atoms with van der Waals surface area (Å²) in [6.07, 6.45) is 2.70. The van der Waals surface area contributed by atoms with Crippen LogP contribution in [0.5, 0.6) is 5.75 Å². The SMILES string of the molecule is COc1ccc2c(c1)CCC/C2=N/NC(=O)Cc1nc2sc(C)c(C)c2c(=O)[nH]1. The number of hydrogen-bond acceptors (Lipinski definition) is 6. The van der Waals surface area contributed by atoms with Gasteiger partial charge < -0.3 is 9.72 Å². The van der Waals surface area contributed by atoms with Gasteiger partial charge in [-0.25, -0.2) is 10.4 Å². The molecule has 1 aliphatic rings. The van der Waals surface area contributed by atoms with Crippen molar-refractivity contribution in [3.05, 3.63) is 55.9 Å². The Morgan fingerprint density at radius 3 is 2.97 bits per heavy atom. The van der Waals surface area contributed by atoms with E-state index in [-0.39, 0.29) is 17.9 Å². The monoisotopic (exact) mass is 410 g/mol. The van der Waals surface area contributed by atoms with Gasteiger partial charge in [-0.15, -0.1) is 11.3 Å². The zero-order valence-electron chi connectivity index (χ0n) is 16.6. The molecule has 0 saturated heterocycles. The van der Waals surface area contributed by atoms with E-state index < -0.39 is 0 Å². The summed E-state index contributed by atoms with van der Waals surface area (Å²) >= 11 is 1.46. The number of H-pyrrole nitrogens is 1. The predicted octanol–water partition coefficient (Wildman–Crippen LogP) is 3.01. The molecular formula is C21H22N4O3S. The maximum atomic E-state index is 12.4. The summed E-state index contributed by atoms with van der Waals surface area (Å²) in [4.78, 5) is 33.6. The van der Waals surface area contributed by atoms with Crippen molar-refractivity contribution in [2.45, 2.75) is 39.5 Å². The van der Waals surface area contributed by atoms with Crippen LogP contribution in [0, 0.1) is 13.8 Å². The van der Waals surface area contributed by atoms with Crippen LogP contribution < -0.4 is 15.7 Å². The van der Waals surface area contributed by atoms with Gasteiger partial charge >= 0.3 is 0 Å². The molecule has 0 spiro atoms. The Kier molecular flexibility index (Phi) is 5.19. The number of carbonyl (C=O) groups excluding carboxylic acids is 1. The Hall–Kier alpha value is -3.00. The molecule has 2 heterocycles. The molecule has 0 unspecified atom stereocenters. The molecule has 7 nitrogen and oxygen atoms in total. The van der Waals surface area contributed by atoms with Gasteiger partial charge in [0, 0.05) is 10.4 Å². The summed E-state index contributed by atoms with van der Waals surface area (Å²) in [5, 5.41) is 4.94. The van der Waals surface area contributed by atoms with E-state index in [1.807, 2.05) is 32.0 Å². The van der Waals surface area contributed by atoms with Crippen molar-refractivity contribution < 1.29 is 9.53 Å². The number of rotatable bonds is 4. The molecule has 0 fully saturated rings. The number of nitrogens with one attached hydrogen (secondary N) is 2. The first-order valence-electron chi connectivity index (χ1n) is 9.48. The lowest BCUT2D eigenvalue weighted by molar-refractivity contribution is -0.120. The number of carbonyl (C=O) groups is 1. The van der Waals surface area contributed by atoms with Gasteiger partial charge in [-0.3, -0.25) is 9.59 Å². The number of benzene rings is 1. The predicted molar refractivity (Wildman–Crippen MR) is 114 cm³/mol. The lowest BCUT2D eigenvalue weighted by Gasteiger charge is -2.18. The second-order valence-corrected chi connectivity index (χ2v) is 8.33. The lowest BCUT2D eigenvalue weighted by atomic mass is 9.90. The molecule has 1 amide bonds. The maximum absolute atomic E-state index is 12.4. The van der Waals surface area contributed by atoms with E-state index in [1.54, 1.807) is 7.11 Å². The summed E-state index contributed by atoms with van der Waals surface area (Å²) in [6, 6.07) is 5.89. The molecule has 29 heavy (non-hydrogen) atoms. The molecule has 2 N–H and O–H groups in total. The molecule has 4 rings (SSSR count). The average Bonchev–Trinajstić information content (AvgIpc) is 2.99. The van der Waals surface area contributed by atoms with Crippen molar-refractivity contribution >= 4 is 33.2 Å². The summed E-state index contributed by atoms with van der Waals surface area (Å²) < 4.78 is 5.28. The number of fused-ring (bicyclic) bond motifs is 2. The van der Waals surface area contributed by atoms with E-state index >= 15 is 0 Å². The topological polar surface area (TPSA) is 96.4 Å². The smallest absolute Gasteiger partial charge is 0.259 e. The van der Waals surface area contributed by atoms with Crippen LogP contribution in [0.4, 0.5) is 0 Å². The first kappa shape index (κ1) is 19.3. The number of nitrogens with zero attached hydrogens (tertiary/aromatic N) is 2. The van der Waals surface area contributed by atoms with Gasteiger partial charge in [0.05, 0.1) is 24.6 Å². The largest absolute Gasteiger partial charge is 0.497 e. The van der Waals surface area contributed by atoms with Crippen LogP contribution in [0.15, 0.2) is 28.1 Å². The summed E-state index contributed by atoms with van der Waals surface area (Å²) in [5.41, 5.74) is 6.40. The Balaban J connectivity index is 1.51. The minimum absolute atomic E-state index is 0.0343. The Bertz CT molecular complexity index is 1190. The fraction of sp³-hybridized carbons (Fsp3) is 0.333. The van der Waals surface area contributed by atoms with Gasteiger partial charge in [-0.05, 0) is 62.4 Å². The normalized spacial score (nSPS) is 14.8. The van der Waals surface area contributed by atoms with Crippen molar-refractivity contribution in [2.75, 3.05) is 7.11 Å². The average molecular weight is 410 g/mol. The van der Waals surface area contributed by atoms with Crippen molar-refractivity contribution in [3.8, 4) is 5.75 Å². The number of thiophene rings is 1. The fourth-order valence-electron chi connectivity index (χ4n) is 3.59. The van der Waals surface area contributed by atoms with Gasteiger partial charge in [-0.1, -0.05) is 0 Å². The minimum Gasteiger partial charge on any atom is -0.497 e. The number of hydrogen-bond donors (Lipinski definition) is 2. The van der Waals surface area contributed by atoms with Crippen molar-refractivity contribution in [1.82, 2.24) is 15.4 Å². The zero-order valence-corrected chi connectivity index (χ0v) is 17.4. The number of aryl methyl sites for hydroxylation is 3. The third kappa shape index (κ3) is 3.80. The second kappa shape index (κ2) is 7.79. The van der Waals surface area contributed by atoms with Crippen LogP contribution in [-0.2, 0) is 17.6 Å². The summed E-state index contributed by atoms with van der Waals surface area (Å²) in [6.45, 7) is 3.87. The van der Waals surface area contributed by atoms with Crippen LogP contribution in [0.1, 0.15) is 40.2 Å². The zero-order chi connectivity index (χ0) is 20.5. The molecular weight excluding hydrogens is 388 g/mol. The minimum atomic E-state index is -0.314. The first-order valence-corrected chi connectivity index (χ1v) is 10.3. The van der Waals surface area contributed by atoms with Gasteiger partial charge in [0.1, 0.15) is 16.4 Å². The second-order valence-electron chi connectivity index (χ2n) is 7.12. The fourth-order valence-corrected chi connectivity index (χ4v) is 4.64. The quantitative estimate of drug-likeness (QED) is 0.646. The number of aromatic nitrogens is 2. The number of hydrazone groups is 1. The molecule has 0 radical (unpaired) electrons. The van der Waals surface area contributed by atoms with Crippen molar-refractivity contribution in [1.29, 1.82) is 0 Å². The highest BCUT2D eigenvalue weighted by atomic mass is 32.1. The maximum Gasteiger partial charge on any atom is 0.259 e. The van der Waals surface area contributed by atoms with E-state index in [0.29, 0.717) is 16.0 Å². The molecule has 1 aliphatic carbocycles. The van der Waals surface area contributed by atoms with E-state index in [0.717, 1.165) is 46.7 Å². The highest BCUT2D eigenvalue weighted by molar-refractivity contribution is 7.18. The highest BCUT2D eigenvalue weighted by Gasteiger charge is 2.17. The molecule has 0 atom stereocenters. The summed E-state index contributed by atoms with van der Waals surface area (Å²) in [5.74, 6) is 0.847. The first-order chi connectivity index (χ1) is 14.0. The van der Waals surface area contributed by atoms with Crippen LogP contribution in [-0.4, -0.2) is 28.7 Å². The Labute approximate surface area is 171 Å². The standard InChI is InChI=1S/C21H22N4O3S/c1-11-12(2)29-21-19(11)20(27)22-17(23-21)10-18(26)25-24-16-6-4-5-13-9-14(28-3)7-8-15(13)16/h7-9H,4-6,10H2,1-3H3,(H,25,26)(H,22,23,27)/b24-16-. The van der Waals surface area contributed by atoms with Crippen LogP contribution in [0.2, 0.25) is 0 Å². The van der Waals surface area contributed by atoms with Crippen LogP contribution >= 0.6 is 11.3 Å². The molecule has 8 heteroatoms. The van der Waals surface area contributed by atoms with E-state index in [1.165, 1.54) is 16.9 Å². The highest BCUT2D eigenvalue weighted by Crippen LogP contribution is 2.26. The number of aromatic amines is 1. The number of ether oxygens (including phenoxy) is 1. The molecule has 0 saturated carbocycles. The van der Waals surface area contributed by atoms with Gasteiger partial charge in [0.25, 0.3) is 5.56 Å². The molecule has 3 aromatic rings. The summed E-state index contributed by atoms with van der Waals surface area (Å²) in [7, 11) is 1.65. The van der Waals surface area contributed by atoms with Gasteiger partial charge in [0.2, 0.25) is 5.91 Å². The molecule has 150 valence electrons. The lowest BCUT2D eigenvalue weighted by Crippen LogP contribution is -2.25. The molecule has 1 aromatic carbocycles. The molecule has 0 aliphatic heterocycles. The Morgan fingerprint density at radius 1 is 1.34 bits per heavy atom. The molecule has 2 aromatic heterocycles. The molecule has 0 bridgehead atoms. The Morgan fingerprint density at radius 2 is 2.17 bits per heavy atom. The third-order valence-corrected chi connectivity index (χ3v) is 6.32.